The van der Waals surface area contributed by atoms with Crippen molar-refractivity contribution in [2.24, 2.45) is 0 Å². The third-order valence-electron chi connectivity index (χ3n) is 4.56. The van der Waals surface area contributed by atoms with Crippen LogP contribution < -0.4 is 0 Å². The smallest absolute Gasteiger partial charge is 0.236 e. The van der Waals surface area contributed by atoms with Crippen molar-refractivity contribution < 1.29 is 9.53 Å². The number of piperidine rings is 1. The van der Waals surface area contributed by atoms with Gasteiger partial charge in [0.1, 0.15) is 0 Å². The van der Waals surface area contributed by atoms with Crippen LogP contribution in [-0.2, 0) is 16.1 Å². The predicted octanol–water partition coefficient (Wildman–Crippen LogP) is 2.32. The van der Waals surface area contributed by atoms with Crippen LogP contribution in [-0.4, -0.2) is 54.5 Å². The number of carbonyl (C=O) groups is 1. The SMILES string of the molecule is N#CCCN(CCC#N)C(=O)CN1CCC(OCc2ccccc2)CC1. The average Bonchev–Trinajstić information content (AvgIpc) is 2.68. The maximum atomic E-state index is 12.4. The van der Waals surface area contributed by atoms with E-state index in [9.17, 15) is 4.79 Å². The number of ether oxygens (including phenoxy) is 1. The van der Waals surface area contributed by atoms with E-state index in [4.69, 9.17) is 15.3 Å². The van der Waals surface area contributed by atoms with Crippen molar-refractivity contribution in [1.29, 1.82) is 10.5 Å². The molecule has 0 spiro atoms. The van der Waals surface area contributed by atoms with Crippen molar-refractivity contribution in [2.45, 2.75) is 38.4 Å². The first-order valence-electron chi connectivity index (χ1n) is 9.12. The quantitative estimate of drug-likeness (QED) is 0.680. The zero-order valence-electron chi connectivity index (χ0n) is 15.1. The molecule has 0 aliphatic carbocycles. The van der Waals surface area contributed by atoms with Crippen LogP contribution in [0.25, 0.3) is 0 Å². The van der Waals surface area contributed by atoms with Gasteiger partial charge in [-0.3, -0.25) is 9.69 Å². The Morgan fingerprint density at radius 1 is 1.12 bits per heavy atom. The summed E-state index contributed by atoms with van der Waals surface area (Å²) in [5.74, 6) is -0.000783. The van der Waals surface area contributed by atoms with Gasteiger partial charge in [0.05, 0.1) is 44.2 Å². The standard InChI is InChI=1S/C20H26N4O2/c21-10-4-12-24(13-5-11-22)20(25)16-23-14-8-19(9-15-23)26-17-18-6-2-1-3-7-18/h1-3,6-7,19H,4-5,8-9,12-17H2. The minimum atomic E-state index is -0.000783. The molecule has 26 heavy (non-hydrogen) atoms. The average molecular weight is 354 g/mol. The Balaban J connectivity index is 1.72. The van der Waals surface area contributed by atoms with Gasteiger partial charge < -0.3 is 9.64 Å². The molecule has 1 aliphatic rings. The summed E-state index contributed by atoms with van der Waals surface area (Å²) in [5.41, 5.74) is 1.18. The second-order valence-electron chi connectivity index (χ2n) is 6.47. The fourth-order valence-corrected chi connectivity index (χ4v) is 3.04. The van der Waals surface area contributed by atoms with Gasteiger partial charge in [0.15, 0.2) is 0 Å². The highest BCUT2D eigenvalue weighted by atomic mass is 16.5. The number of rotatable bonds is 9. The number of benzene rings is 1. The summed E-state index contributed by atoms with van der Waals surface area (Å²) in [6.07, 6.45) is 2.65. The number of nitriles is 2. The fraction of sp³-hybridized carbons (Fsp3) is 0.550. The lowest BCUT2D eigenvalue weighted by molar-refractivity contribution is -0.133. The zero-order valence-corrected chi connectivity index (χ0v) is 15.1. The van der Waals surface area contributed by atoms with Crippen LogP contribution in [0.3, 0.4) is 0 Å². The Morgan fingerprint density at radius 2 is 1.73 bits per heavy atom. The Morgan fingerprint density at radius 3 is 2.31 bits per heavy atom. The Hall–Kier alpha value is -2.41. The molecule has 1 aliphatic heterocycles. The minimum Gasteiger partial charge on any atom is -0.373 e. The Kier molecular flexibility index (Phi) is 8.62. The number of amides is 1. The molecule has 0 unspecified atom stereocenters. The normalized spacial score (nSPS) is 15.2. The van der Waals surface area contributed by atoms with Crippen LogP contribution in [0.15, 0.2) is 30.3 Å². The lowest BCUT2D eigenvalue weighted by atomic mass is 10.1. The topological polar surface area (TPSA) is 80.4 Å². The van der Waals surface area contributed by atoms with E-state index in [2.05, 4.69) is 29.2 Å². The zero-order chi connectivity index (χ0) is 18.6. The van der Waals surface area contributed by atoms with Gasteiger partial charge in [0.2, 0.25) is 5.91 Å². The molecule has 0 aromatic heterocycles. The third-order valence-corrected chi connectivity index (χ3v) is 4.56. The van der Waals surface area contributed by atoms with E-state index in [-0.39, 0.29) is 12.0 Å². The second-order valence-corrected chi connectivity index (χ2v) is 6.47. The first-order chi connectivity index (χ1) is 12.7. The Bertz CT molecular complexity index is 609. The van der Waals surface area contributed by atoms with Gasteiger partial charge in [0.25, 0.3) is 0 Å². The van der Waals surface area contributed by atoms with E-state index in [1.807, 2.05) is 18.2 Å². The molecule has 1 amide bonds. The van der Waals surface area contributed by atoms with Crippen molar-refractivity contribution >= 4 is 5.91 Å². The van der Waals surface area contributed by atoms with Gasteiger partial charge in [-0.15, -0.1) is 0 Å². The van der Waals surface area contributed by atoms with Crippen molar-refractivity contribution in [3.8, 4) is 12.1 Å². The van der Waals surface area contributed by atoms with E-state index in [0.717, 1.165) is 25.9 Å². The highest BCUT2D eigenvalue weighted by Gasteiger charge is 2.23. The van der Waals surface area contributed by atoms with Gasteiger partial charge in [-0.2, -0.15) is 10.5 Å². The van der Waals surface area contributed by atoms with Gasteiger partial charge in [-0.05, 0) is 18.4 Å². The summed E-state index contributed by atoms with van der Waals surface area (Å²) in [5, 5.41) is 17.5. The van der Waals surface area contributed by atoms with Crippen LogP contribution in [0.5, 0.6) is 0 Å². The first-order valence-corrected chi connectivity index (χ1v) is 9.12. The minimum absolute atomic E-state index is 0.000783. The van der Waals surface area contributed by atoms with Crippen molar-refractivity contribution in [2.75, 3.05) is 32.7 Å². The lowest BCUT2D eigenvalue weighted by Gasteiger charge is -2.33. The van der Waals surface area contributed by atoms with Crippen LogP contribution in [0.1, 0.15) is 31.2 Å². The summed E-state index contributed by atoms with van der Waals surface area (Å²) >= 11 is 0. The summed E-state index contributed by atoms with van der Waals surface area (Å²) in [4.78, 5) is 16.2. The third kappa shape index (κ3) is 6.84. The number of hydrogen-bond donors (Lipinski definition) is 0. The molecule has 6 heteroatoms. The van der Waals surface area contributed by atoms with Crippen LogP contribution >= 0.6 is 0 Å². The number of carbonyl (C=O) groups excluding carboxylic acids is 1. The number of likely N-dealkylation sites (tertiary alicyclic amines) is 1. The summed E-state index contributed by atoms with van der Waals surface area (Å²) in [6.45, 7) is 3.43. The van der Waals surface area contributed by atoms with Crippen LogP contribution in [0.2, 0.25) is 0 Å². The highest BCUT2D eigenvalue weighted by molar-refractivity contribution is 5.78. The number of nitrogens with zero attached hydrogens (tertiary/aromatic N) is 4. The molecule has 1 saturated heterocycles. The lowest BCUT2D eigenvalue weighted by Crippen LogP contribution is -2.45. The molecule has 0 atom stereocenters. The molecule has 6 nitrogen and oxygen atoms in total. The predicted molar refractivity (Wildman–Crippen MR) is 97.7 cm³/mol. The van der Waals surface area contributed by atoms with Gasteiger partial charge >= 0.3 is 0 Å². The van der Waals surface area contributed by atoms with E-state index >= 15 is 0 Å². The van der Waals surface area contributed by atoms with E-state index < -0.39 is 0 Å². The molecular weight excluding hydrogens is 328 g/mol. The largest absolute Gasteiger partial charge is 0.373 e. The van der Waals surface area contributed by atoms with Crippen molar-refractivity contribution in [3.63, 3.8) is 0 Å². The first kappa shape index (κ1) is 19.9. The number of hydrogen-bond acceptors (Lipinski definition) is 5. The monoisotopic (exact) mass is 354 g/mol. The molecule has 0 N–H and O–H groups in total. The Labute approximate surface area is 155 Å². The van der Waals surface area contributed by atoms with E-state index in [1.165, 1.54) is 5.56 Å². The second kappa shape index (κ2) is 11.3. The van der Waals surface area contributed by atoms with Gasteiger partial charge in [-0.25, -0.2) is 0 Å². The molecule has 1 heterocycles. The van der Waals surface area contributed by atoms with Crippen LogP contribution in [0.4, 0.5) is 0 Å². The molecule has 2 rings (SSSR count). The summed E-state index contributed by atoms with van der Waals surface area (Å²) < 4.78 is 5.98. The van der Waals surface area contributed by atoms with Gasteiger partial charge in [0, 0.05) is 26.2 Å². The van der Waals surface area contributed by atoms with E-state index in [0.29, 0.717) is 39.1 Å². The fourth-order valence-electron chi connectivity index (χ4n) is 3.04. The molecule has 1 aromatic carbocycles. The molecular formula is C20H26N4O2. The molecule has 0 bridgehead atoms. The summed E-state index contributed by atoms with van der Waals surface area (Å²) in [6, 6.07) is 14.3. The molecule has 0 radical (unpaired) electrons. The molecule has 138 valence electrons. The maximum Gasteiger partial charge on any atom is 0.236 e. The highest BCUT2D eigenvalue weighted by Crippen LogP contribution is 2.16. The van der Waals surface area contributed by atoms with Crippen molar-refractivity contribution in [3.05, 3.63) is 35.9 Å². The maximum absolute atomic E-state index is 12.4. The molecule has 1 fully saturated rings. The van der Waals surface area contributed by atoms with E-state index in [1.54, 1.807) is 4.90 Å². The molecule has 1 aromatic rings. The molecule has 0 saturated carbocycles. The summed E-state index contributed by atoms with van der Waals surface area (Å²) in [7, 11) is 0. The van der Waals surface area contributed by atoms with Crippen LogP contribution in [0, 0.1) is 22.7 Å². The van der Waals surface area contributed by atoms with Crippen molar-refractivity contribution in [1.82, 2.24) is 9.80 Å². The van der Waals surface area contributed by atoms with Gasteiger partial charge in [-0.1, -0.05) is 30.3 Å².